The lowest BCUT2D eigenvalue weighted by Crippen LogP contribution is -2.34. The van der Waals surface area contributed by atoms with Crippen LogP contribution in [0.25, 0.3) is 0 Å². The fourth-order valence-corrected chi connectivity index (χ4v) is 1.90. The van der Waals surface area contributed by atoms with Crippen molar-refractivity contribution in [1.29, 1.82) is 0 Å². The Morgan fingerprint density at radius 3 is 3.12 bits per heavy atom. The molecule has 86 valence electrons. The minimum atomic E-state index is 0.0803. The number of hydrogen-bond acceptors (Lipinski definition) is 4. The molecule has 1 amide bonds. The number of amides is 1. The molecule has 0 radical (unpaired) electrons. The molecule has 1 fully saturated rings. The summed E-state index contributed by atoms with van der Waals surface area (Å²) < 4.78 is 0. The minimum absolute atomic E-state index is 0.0803. The highest BCUT2D eigenvalue weighted by molar-refractivity contribution is 5.79. The van der Waals surface area contributed by atoms with Crippen molar-refractivity contribution in [1.82, 2.24) is 20.8 Å². The van der Waals surface area contributed by atoms with E-state index in [1.165, 1.54) is 0 Å². The van der Waals surface area contributed by atoms with Gasteiger partial charge in [0, 0.05) is 12.7 Å². The zero-order valence-corrected chi connectivity index (χ0v) is 9.31. The zero-order valence-electron chi connectivity index (χ0n) is 9.31. The highest BCUT2D eigenvalue weighted by atomic mass is 16.1. The summed E-state index contributed by atoms with van der Waals surface area (Å²) in [5.41, 5.74) is 0.787. The SMILES string of the molecule is CC1CNCC1C(=O)NCc1cccnn1. The molecule has 1 saturated heterocycles. The Balaban J connectivity index is 1.84. The molecule has 0 aliphatic carbocycles. The molecule has 2 heterocycles. The Labute approximate surface area is 94.6 Å². The Kier molecular flexibility index (Phi) is 3.46. The molecule has 1 aliphatic heterocycles. The van der Waals surface area contributed by atoms with Gasteiger partial charge in [-0.3, -0.25) is 4.79 Å². The average Bonchev–Trinajstić information content (AvgIpc) is 2.74. The van der Waals surface area contributed by atoms with E-state index in [-0.39, 0.29) is 11.8 Å². The van der Waals surface area contributed by atoms with Crippen molar-refractivity contribution in [2.45, 2.75) is 13.5 Å². The number of aromatic nitrogens is 2. The largest absolute Gasteiger partial charge is 0.350 e. The second-order valence-electron chi connectivity index (χ2n) is 4.17. The Hall–Kier alpha value is -1.49. The lowest BCUT2D eigenvalue weighted by atomic mass is 9.97. The van der Waals surface area contributed by atoms with Gasteiger partial charge in [-0.2, -0.15) is 10.2 Å². The molecule has 5 nitrogen and oxygen atoms in total. The van der Waals surface area contributed by atoms with E-state index >= 15 is 0 Å². The molecule has 16 heavy (non-hydrogen) atoms. The molecule has 2 atom stereocenters. The maximum atomic E-state index is 11.8. The second kappa shape index (κ2) is 5.03. The van der Waals surface area contributed by atoms with Crippen LogP contribution < -0.4 is 10.6 Å². The predicted molar refractivity (Wildman–Crippen MR) is 59.4 cm³/mol. The first kappa shape index (κ1) is 11.0. The third kappa shape index (κ3) is 2.55. The van der Waals surface area contributed by atoms with Crippen molar-refractivity contribution >= 4 is 5.91 Å². The van der Waals surface area contributed by atoms with E-state index in [1.807, 2.05) is 12.1 Å². The van der Waals surface area contributed by atoms with Crippen LogP contribution in [0, 0.1) is 11.8 Å². The first-order valence-corrected chi connectivity index (χ1v) is 5.52. The van der Waals surface area contributed by atoms with Gasteiger partial charge in [-0.15, -0.1) is 0 Å². The van der Waals surface area contributed by atoms with E-state index in [9.17, 15) is 4.79 Å². The fourth-order valence-electron chi connectivity index (χ4n) is 1.90. The van der Waals surface area contributed by atoms with Crippen LogP contribution in [0.4, 0.5) is 0 Å². The van der Waals surface area contributed by atoms with Gasteiger partial charge in [-0.05, 0) is 24.6 Å². The van der Waals surface area contributed by atoms with Crippen LogP contribution in [-0.4, -0.2) is 29.2 Å². The normalized spacial score (nSPS) is 24.3. The van der Waals surface area contributed by atoms with Crippen molar-refractivity contribution in [3.05, 3.63) is 24.0 Å². The molecular weight excluding hydrogens is 204 g/mol. The molecule has 2 rings (SSSR count). The smallest absolute Gasteiger partial charge is 0.225 e. The second-order valence-corrected chi connectivity index (χ2v) is 4.17. The maximum absolute atomic E-state index is 11.8. The Morgan fingerprint density at radius 2 is 2.50 bits per heavy atom. The van der Waals surface area contributed by atoms with E-state index in [0.717, 1.165) is 18.8 Å². The number of nitrogens with one attached hydrogen (secondary N) is 2. The van der Waals surface area contributed by atoms with Gasteiger partial charge < -0.3 is 10.6 Å². The van der Waals surface area contributed by atoms with Crippen molar-refractivity contribution in [3.63, 3.8) is 0 Å². The molecule has 1 aromatic rings. The molecule has 0 bridgehead atoms. The van der Waals surface area contributed by atoms with Crippen LogP contribution in [0.1, 0.15) is 12.6 Å². The Bertz CT molecular complexity index is 354. The summed E-state index contributed by atoms with van der Waals surface area (Å²) in [5.74, 6) is 0.585. The fraction of sp³-hybridized carbons (Fsp3) is 0.545. The molecule has 2 N–H and O–H groups in total. The summed E-state index contributed by atoms with van der Waals surface area (Å²) in [7, 11) is 0. The van der Waals surface area contributed by atoms with Gasteiger partial charge in [0.1, 0.15) is 0 Å². The first-order valence-electron chi connectivity index (χ1n) is 5.52. The number of nitrogens with zero attached hydrogens (tertiary/aromatic N) is 2. The van der Waals surface area contributed by atoms with Crippen molar-refractivity contribution < 1.29 is 4.79 Å². The molecule has 0 saturated carbocycles. The predicted octanol–water partition coefficient (Wildman–Crippen LogP) is -0.0517. The van der Waals surface area contributed by atoms with Crippen LogP contribution >= 0.6 is 0 Å². The molecule has 1 aromatic heterocycles. The minimum Gasteiger partial charge on any atom is -0.350 e. The van der Waals surface area contributed by atoms with Crippen LogP contribution in [0.15, 0.2) is 18.3 Å². The molecule has 0 aromatic carbocycles. The van der Waals surface area contributed by atoms with Gasteiger partial charge in [0.15, 0.2) is 0 Å². The van der Waals surface area contributed by atoms with Gasteiger partial charge in [0.05, 0.1) is 18.2 Å². The molecule has 5 heteroatoms. The van der Waals surface area contributed by atoms with Gasteiger partial charge in [-0.1, -0.05) is 6.92 Å². The summed E-state index contributed by atoms with van der Waals surface area (Å²) in [5, 5.41) is 13.8. The van der Waals surface area contributed by atoms with Gasteiger partial charge in [0.2, 0.25) is 5.91 Å². The van der Waals surface area contributed by atoms with Crippen LogP contribution in [0.2, 0.25) is 0 Å². The maximum Gasteiger partial charge on any atom is 0.225 e. The quantitative estimate of drug-likeness (QED) is 0.749. The number of rotatable bonds is 3. The Morgan fingerprint density at radius 1 is 1.62 bits per heavy atom. The summed E-state index contributed by atoms with van der Waals surface area (Å²) in [4.78, 5) is 11.8. The highest BCUT2D eigenvalue weighted by Gasteiger charge is 2.29. The highest BCUT2D eigenvalue weighted by Crippen LogP contribution is 2.15. The van der Waals surface area contributed by atoms with Crippen molar-refractivity contribution in [2.75, 3.05) is 13.1 Å². The lowest BCUT2D eigenvalue weighted by molar-refractivity contribution is -0.125. The summed E-state index contributed by atoms with van der Waals surface area (Å²) in [6, 6.07) is 3.66. The molecule has 2 unspecified atom stereocenters. The van der Waals surface area contributed by atoms with Crippen LogP contribution in [-0.2, 0) is 11.3 Å². The summed E-state index contributed by atoms with van der Waals surface area (Å²) in [6.45, 7) is 4.24. The topological polar surface area (TPSA) is 66.9 Å². The van der Waals surface area contributed by atoms with E-state index in [2.05, 4.69) is 27.8 Å². The standard InChI is InChI=1S/C11H16N4O/c1-8-5-12-7-10(8)11(16)13-6-9-3-2-4-14-15-9/h2-4,8,10,12H,5-7H2,1H3,(H,13,16). The van der Waals surface area contributed by atoms with Gasteiger partial charge in [-0.25, -0.2) is 0 Å². The summed E-state index contributed by atoms with van der Waals surface area (Å²) in [6.07, 6.45) is 1.62. The van der Waals surface area contributed by atoms with E-state index in [1.54, 1.807) is 6.20 Å². The number of hydrogen-bond donors (Lipinski definition) is 2. The van der Waals surface area contributed by atoms with E-state index in [4.69, 9.17) is 0 Å². The van der Waals surface area contributed by atoms with Crippen LogP contribution in [0.5, 0.6) is 0 Å². The van der Waals surface area contributed by atoms with Gasteiger partial charge >= 0.3 is 0 Å². The monoisotopic (exact) mass is 220 g/mol. The van der Waals surface area contributed by atoms with Gasteiger partial charge in [0.25, 0.3) is 0 Å². The lowest BCUT2D eigenvalue weighted by Gasteiger charge is -2.13. The first-order chi connectivity index (χ1) is 7.77. The van der Waals surface area contributed by atoms with Crippen molar-refractivity contribution in [3.8, 4) is 0 Å². The van der Waals surface area contributed by atoms with E-state index < -0.39 is 0 Å². The number of carbonyl (C=O) groups excluding carboxylic acids is 1. The molecule has 0 spiro atoms. The molecular formula is C11H16N4O. The number of carbonyl (C=O) groups is 1. The summed E-state index contributed by atoms with van der Waals surface area (Å²) >= 11 is 0. The molecule has 1 aliphatic rings. The average molecular weight is 220 g/mol. The third-order valence-corrected chi connectivity index (χ3v) is 2.93. The van der Waals surface area contributed by atoms with Crippen molar-refractivity contribution in [2.24, 2.45) is 11.8 Å². The van der Waals surface area contributed by atoms with Crippen LogP contribution in [0.3, 0.4) is 0 Å². The third-order valence-electron chi connectivity index (χ3n) is 2.93. The zero-order chi connectivity index (χ0) is 11.4. The van der Waals surface area contributed by atoms with E-state index in [0.29, 0.717) is 12.5 Å².